The Morgan fingerprint density at radius 1 is 0.367 bits per heavy atom. The van der Waals surface area contributed by atoms with Gasteiger partial charge in [0.2, 0.25) is 0 Å². The molecule has 6 fully saturated rings. The van der Waals surface area contributed by atoms with E-state index in [2.05, 4.69) is 36.3 Å². The molecule has 0 aromatic heterocycles. The monoisotopic (exact) mass is 680 g/mol. The molecule has 0 radical (unpaired) electrons. The summed E-state index contributed by atoms with van der Waals surface area (Å²) in [4.78, 5) is 32.6. The summed E-state index contributed by atoms with van der Waals surface area (Å²) in [5.41, 5.74) is 0. The van der Waals surface area contributed by atoms with Crippen LogP contribution in [0.15, 0.2) is 15.0 Å². The molecule has 0 aromatic carbocycles. The molecule has 0 saturated carbocycles. The first kappa shape index (κ1) is 36.6. The van der Waals surface area contributed by atoms with Gasteiger partial charge in [-0.15, -0.1) is 0 Å². The summed E-state index contributed by atoms with van der Waals surface area (Å²) >= 11 is 0. The number of nitrogens with zero attached hydrogens (tertiary/aromatic N) is 9. The van der Waals surface area contributed by atoms with E-state index in [9.17, 15) is 0 Å². The first-order valence-electron chi connectivity index (χ1n) is 21.4. The summed E-state index contributed by atoms with van der Waals surface area (Å²) < 4.78 is 0. The third kappa shape index (κ3) is 11.1. The predicted octanol–water partition coefficient (Wildman–Crippen LogP) is 6.90. The van der Waals surface area contributed by atoms with Crippen LogP contribution in [0.2, 0.25) is 0 Å². The average molecular weight is 680 g/mol. The van der Waals surface area contributed by atoms with E-state index in [1.54, 1.807) is 0 Å². The van der Waals surface area contributed by atoms with Gasteiger partial charge in [-0.05, 0) is 142 Å². The van der Waals surface area contributed by atoms with Gasteiger partial charge in [-0.3, -0.25) is 4.99 Å². The molecule has 6 rings (SSSR count). The summed E-state index contributed by atoms with van der Waals surface area (Å²) in [5.74, 6) is 3.94. The van der Waals surface area contributed by atoms with E-state index in [0.29, 0.717) is 6.04 Å². The zero-order chi connectivity index (χ0) is 33.5. The Kier molecular flexibility index (Phi) is 14.9. The smallest absolute Gasteiger partial charge is 0.196 e. The predicted molar refractivity (Wildman–Crippen MR) is 207 cm³/mol. The molecule has 0 bridgehead atoms. The lowest BCUT2D eigenvalue weighted by atomic mass is 10.0. The van der Waals surface area contributed by atoms with E-state index < -0.39 is 0 Å². The number of aliphatic imine (C=N–C) groups is 3. The lowest BCUT2D eigenvalue weighted by molar-refractivity contribution is 0.252. The minimum Gasteiger partial charge on any atom is -0.343 e. The Hall–Kier alpha value is -2.19. The van der Waals surface area contributed by atoms with Gasteiger partial charge in [0.1, 0.15) is 0 Å². The van der Waals surface area contributed by atoms with Gasteiger partial charge in [0.25, 0.3) is 0 Å². The van der Waals surface area contributed by atoms with Crippen LogP contribution in [0.1, 0.15) is 142 Å². The standard InChI is InChI=1S/C40H73N9/c1-36(42-39(46-28-12-4-13-29-46)47-30-14-5-15-31-47)20-21-37(43-40(48-32-16-6-17-33-48)49-34-18-7-19-35-49)22-23-41-38(44-24-8-2-9-25-44)45-26-10-3-11-27-45/h36-37H,2-35H2,1H3. The third-order valence-electron chi connectivity index (χ3n) is 12.1. The van der Waals surface area contributed by atoms with Crippen molar-refractivity contribution in [2.45, 2.75) is 154 Å². The summed E-state index contributed by atoms with van der Waals surface area (Å²) in [7, 11) is 0. The van der Waals surface area contributed by atoms with Gasteiger partial charge in [0.05, 0.1) is 12.1 Å². The van der Waals surface area contributed by atoms with Crippen LogP contribution >= 0.6 is 0 Å². The number of piperidine rings is 6. The maximum Gasteiger partial charge on any atom is 0.196 e. The van der Waals surface area contributed by atoms with Gasteiger partial charge in [0, 0.05) is 85.1 Å². The SMILES string of the molecule is CC(CCC(CCN=C(N1CCCCC1)N1CCCCC1)N=C(N1CCCCC1)N1CCCCC1)N=C(N1CCCCC1)N1CCCCC1. The normalized spacial score (nSPS) is 23.9. The average Bonchev–Trinajstić information content (AvgIpc) is 3.18. The molecule has 0 N–H and O–H groups in total. The van der Waals surface area contributed by atoms with Crippen molar-refractivity contribution in [3.8, 4) is 0 Å². The van der Waals surface area contributed by atoms with E-state index in [4.69, 9.17) is 15.0 Å². The van der Waals surface area contributed by atoms with Crippen molar-refractivity contribution in [2.75, 3.05) is 85.1 Å². The number of hydrogen-bond acceptors (Lipinski definition) is 3. The van der Waals surface area contributed by atoms with Gasteiger partial charge in [-0.2, -0.15) is 0 Å². The highest BCUT2D eigenvalue weighted by Crippen LogP contribution is 2.22. The van der Waals surface area contributed by atoms with E-state index in [-0.39, 0.29) is 6.04 Å². The van der Waals surface area contributed by atoms with Crippen molar-refractivity contribution >= 4 is 17.9 Å². The molecule has 6 aliphatic rings. The van der Waals surface area contributed by atoms with Crippen LogP contribution in [0.3, 0.4) is 0 Å². The van der Waals surface area contributed by atoms with Crippen LogP contribution in [0.5, 0.6) is 0 Å². The molecular weight excluding hydrogens is 607 g/mol. The Bertz CT molecular complexity index is 962. The minimum atomic E-state index is 0.289. The maximum atomic E-state index is 5.78. The van der Waals surface area contributed by atoms with Gasteiger partial charge in [-0.1, -0.05) is 0 Å². The maximum absolute atomic E-state index is 5.78. The molecule has 6 aliphatic heterocycles. The summed E-state index contributed by atoms with van der Waals surface area (Å²) in [6.07, 6.45) is 27.1. The zero-order valence-corrected chi connectivity index (χ0v) is 31.7. The molecule has 6 saturated heterocycles. The molecule has 2 atom stereocenters. The van der Waals surface area contributed by atoms with Crippen LogP contribution in [0, 0.1) is 0 Å². The summed E-state index contributed by atoms with van der Waals surface area (Å²) in [6.45, 7) is 17.4. The molecule has 6 heterocycles. The largest absolute Gasteiger partial charge is 0.343 e. The van der Waals surface area contributed by atoms with Crippen molar-refractivity contribution in [3.63, 3.8) is 0 Å². The Balaban J connectivity index is 1.20. The molecule has 0 aliphatic carbocycles. The number of guanidine groups is 3. The topological polar surface area (TPSA) is 56.5 Å². The first-order valence-corrected chi connectivity index (χ1v) is 21.4. The Morgan fingerprint density at radius 3 is 1.02 bits per heavy atom. The van der Waals surface area contributed by atoms with E-state index in [0.717, 1.165) is 25.8 Å². The molecule has 9 nitrogen and oxygen atoms in total. The van der Waals surface area contributed by atoms with Gasteiger partial charge in [0.15, 0.2) is 17.9 Å². The minimum absolute atomic E-state index is 0.289. The highest BCUT2D eigenvalue weighted by molar-refractivity contribution is 5.81. The van der Waals surface area contributed by atoms with Crippen LogP contribution in [-0.4, -0.2) is 144 Å². The van der Waals surface area contributed by atoms with Crippen molar-refractivity contribution in [1.29, 1.82) is 0 Å². The second-order valence-corrected chi connectivity index (χ2v) is 16.2. The summed E-state index contributed by atoms with van der Waals surface area (Å²) in [5, 5.41) is 0. The number of likely N-dealkylation sites (tertiary alicyclic amines) is 6. The van der Waals surface area contributed by atoms with Gasteiger partial charge >= 0.3 is 0 Å². The van der Waals surface area contributed by atoms with Crippen LogP contribution < -0.4 is 0 Å². The fraction of sp³-hybridized carbons (Fsp3) is 0.925. The van der Waals surface area contributed by atoms with E-state index >= 15 is 0 Å². The second-order valence-electron chi connectivity index (χ2n) is 16.2. The van der Waals surface area contributed by atoms with Crippen molar-refractivity contribution in [2.24, 2.45) is 15.0 Å². The number of rotatable bonds is 8. The van der Waals surface area contributed by atoms with Crippen LogP contribution in [0.25, 0.3) is 0 Å². The summed E-state index contributed by atoms with van der Waals surface area (Å²) in [6, 6.07) is 0.600. The van der Waals surface area contributed by atoms with Gasteiger partial charge < -0.3 is 29.4 Å². The van der Waals surface area contributed by atoms with Crippen molar-refractivity contribution < 1.29 is 0 Å². The Labute approximate surface area is 300 Å². The van der Waals surface area contributed by atoms with Crippen molar-refractivity contribution in [1.82, 2.24) is 29.4 Å². The molecule has 2 unspecified atom stereocenters. The molecule has 278 valence electrons. The molecule has 49 heavy (non-hydrogen) atoms. The fourth-order valence-corrected chi connectivity index (χ4v) is 9.14. The third-order valence-corrected chi connectivity index (χ3v) is 12.1. The first-order chi connectivity index (χ1) is 24.2. The highest BCUT2D eigenvalue weighted by Gasteiger charge is 2.27. The lowest BCUT2D eigenvalue weighted by Gasteiger charge is -2.39. The Morgan fingerprint density at radius 2 is 0.673 bits per heavy atom. The molecular formula is C40H73N9. The lowest BCUT2D eigenvalue weighted by Crippen LogP contribution is -2.49. The fourth-order valence-electron chi connectivity index (χ4n) is 9.14. The van der Waals surface area contributed by atoms with Crippen LogP contribution in [0.4, 0.5) is 0 Å². The quantitative estimate of drug-likeness (QED) is 0.206. The van der Waals surface area contributed by atoms with Crippen LogP contribution in [-0.2, 0) is 0 Å². The second kappa shape index (κ2) is 20.0. The zero-order valence-electron chi connectivity index (χ0n) is 31.7. The molecule has 9 heteroatoms. The van der Waals surface area contributed by atoms with E-state index in [1.807, 2.05) is 0 Å². The van der Waals surface area contributed by atoms with E-state index in [1.165, 1.54) is 212 Å². The molecule has 0 aromatic rings. The molecule has 0 spiro atoms. The highest BCUT2D eigenvalue weighted by atomic mass is 15.4. The molecule has 0 amide bonds. The van der Waals surface area contributed by atoms with Gasteiger partial charge in [-0.25, -0.2) is 9.98 Å². The number of hydrogen-bond donors (Lipinski definition) is 0. The van der Waals surface area contributed by atoms with Crippen molar-refractivity contribution in [3.05, 3.63) is 0 Å².